The van der Waals surface area contributed by atoms with Gasteiger partial charge in [-0.05, 0) is 62.6 Å². The molecule has 0 aromatic heterocycles. The minimum absolute atomic E-state index is 0.0295. The normalized spacial score (nSPS) is 17.8. The monoisotopic (exact) mass is 407 g/mol. The molecule has 0 bridgehead atoms. The molecule has 0 radical (unpaired) electrons. The van der Waals surface area contributed by atoms with Crippen LogP contribution in [0.3, 0.4) is 0 Å². The third-order valence-electron chi connectivity index (χ3n) is 5.68. The van der Waals surface area contributed by atoms with E-state index in [4.69, 9.17) is 4.74 Å². The van der Waals surface area contributed by atoms with Gasteiger partial charge >= 0.3 is 5.97 Å². The maximum absolute atomic E-state index is 12.9. The topological polar surface area (TPSA) is 79.0 Å². The van der Waals surface area contributed by atoms with Crippen molar-refractivity contribution in [3.8, 4) is 0 Å². The van der Waals surface area contributed by atoms with E-state index in [9.17, 15) is 14.4 Å². The molecular formula is C23H25N3O4. The van der Waals surface area contributed by atoms with Crippen molar-refractivity contribution in [2.75, 3.05) is 30.4 Å². The van der Waals surface area contributed by atoms with E-state index in [1.807, 2.05) is 11.9 Å². The van der Waals surface area contributed by atoms with Crippen molar-refractivity contribution in [3.05, 3.63) is 59.2 Å². The molecule has 7 nitrogen and oxygen atoms in total. The highest BCUT2D eigenvalue weighted by molar-refractivity contribution is 6.08. The number of esters is 1. The van der Waals surface area contributed by atoms with Crippen molar-refractivity contribution in [1.29, 1.82) is 0 Å². The second-order valence-electron chi connectivity index (χ2n) is 7.57. The minimum atomic E-state index is -0.431. The molecule has 2 heterocycles. The number of hydrogen-bond donors (Lipinski definition) is 1. The Hall–Kier alpha value is -3.35. The van der Waals surface area contributed by atoms with Crippen LogP contribution in [0.15, 0.2) is 42.5 Å². The fraction of sp³-hybridized carbons (Fsp3) is 0.348. The fourth-order valence-corrected chi connectivity index (χ4v) is 4.16. The summed E-state index contributed by atoms with van der Waals surface area (Å²) >= 11 is 0. The molecule has 0 unspecified atom stereocenters. The molecule has 2 aromatic carbocycles. The highest BCUT2D eigenvalue weighted by Gasteiger charge is 2.37. The van der Waals surface area contributed by atoms with Gasteiger partial charge in [0, 0.05) is 24.8 Å². The summed E-state index contributed by atoms with van der Waals surface area (Å²) in [7, 11) is 1.97. The lowest BCUT2D eigenvalue weighted by Gasteiger charge is -2.46. The van der Waals surface area contributed by atoms with Crippen molar-refractivity contribution in [2.45, 2.75) is 32.4 Å². The second-order valence-corrected chi connectivity index (χ2v) is 7.57. The Morgan fingerprint density at radius 3 is 2.77 bits per heavy atom. The van der Waals surface area contributed by atoms with E-state index in [-0.39, 0.29) is 24.6 Å². The number of carbonyl (C=O) groups excluding carboxylic acids is 3. The van der Waals surface area contributed by atoms with Gasteiger partial charge in [0.1, 0.15) is 6.17 Å². The lowest BCUT2D eigenvalue weighted by Crippen LogP contribution is -2.55. The van der Waals surface area contributed by atoms with Crippen molar-refractivity contribution in [2.24, 2.45) is 0 Å². The van der Waals surface area contributed by atoms with Crippen molar-refractivity contribution < 1.29 is 19.1 Å². The Kier molecular flexibility index (Phi) is 5.44. The summed E-state index contributed by atoms with van der Waals surface area (Å²) in [4.78, 5) is 41.6. The number of ether oxygens (including phenoxy) is 1. The number of amides is 2. The van der Waals surface area contributed by atoms with Crippen LogP contribution < -0.4 is 10.2 Å². The largest absolute Gasteiger partial charge is 0.462 e. The maximum Gasteiger partial charge on any atom is 0.338 e. The van der Waals surface area contributed by atoms with E-state index >= 15 is 0 Å². The third-order valence-corrected chi connectivity index (χ3v) is 5.68. The van der Waals surface area contributed by atoms with Gasteiger partial charge in [-0.3, -0.25) is 9.59 Å². The number of fused-ring (bicyclic) bond motifs is 2. The Balaban J connectivity index is 1.57. The fourth-order valence-electron chi connectivity index (χ4n) is 4.16. The van der Waals surface area contributed by atoms with Gasteiger partial charge in [-0.15, -0.1) is 0 Å². The first kappa shape index (κ1) is 19.9. The van der Waals surface area contributed by atoms with Crippen LogP contribution in [0.4, 0.5) is 11.4 Å². The summed E-state index contributed by atoms with van der Waals surface area (Å²) in [5.41, 5.74) is 2.74. The maximum atomic E-state index is 12.9. The van der Waals surface area contributed by atoms with E-state index in [0.29, 0.717) is 22.4 Å². The highest BCUT2D eigenvalue weighted by atomic mass is 16.5. The summed E-state index contributed by atoms with van der Waals surface area (Å²) in [5, 5.41) is 2.82. The lowest BCUT2D eigenvalue weighted by molar-refractivity contribution is 0.0525. The molecule has 2 aliphatic heterocycles. The van der Waals surface area contributed by atoms with Crippen LogP contribution in [0.1, 0.15) is 57.3 Å². The third kappa shape index (κ3) is 3.63. The van der Waals surface area contributed by atoms with Crippen LogP contribution in [0.25, 0.3) is 0 Å². The van der Waals surface area contributed by atoms with Crippen LogP contribution in [0, 0.1) is 0 Å². The van der Waals surface area contributed by atoms with Crippen LogP contribution in [-0.4, -0.2) is 49.0 Å². The zero-order valence-corrected chi connectivity index (χ0v) is 17.2. The molecule has 1 N–H and O–H groups in total. The predicted octanol–water partition coefficient (Wildman–Crippen LogP) is 3.52. The van der Waals surface area contributed by atoms with E-state index in [1.54, 1.807) is 49.4 Å². The molecule has 7 heteroatoms. The standard InChI is InChI=1S/C23H25N3O4/c1-3-30-23(29)16-7-6-8-17(13-16)24-21(27)15-10-11-18-19(14-15)25(2)20-9-4-5-12-26(20)22(18)28/h6-8,10-11,13-14,20H,3-5,9,12H2,1-2H3,(H,24,27)/t20-/m0/s1. The number of rotatable bonds is 4. The van der Waals surface area contributed by atoms with E-state index in [0.717, 1.165) is 31.5 Å². The number of carbonyl (C=O) groups is 3. The van der Waals surface area contributed by atoms with Crippen molar-refractivity contribution in [1.82, 2.24) is 4.90 Å². The summed E-state index contributed by atoms with van der Waals surface area (Å²) < 4.78 is 5.01. The predicted molar refractivity (Wildman–Crippen MR) is 114 cm³/mol. The molecule has 2 amide bonds. The summed E-state index contributed by atoms with van der Waals surface area (Å²) in [5.74, 6) is -0.702. The number of benzene rings is 2. The Morgan fingerprint density at radius 2 is 1.97 bits per heavy atom. The summed E-state index contributed by atoms with van der Waals surface area (Å²) in [6.45, 7) is 2.80. The zero-order chi connectivity index (χ0) is 21.3. The number of piperidine rings is 1. The van der Waals surface area contributed by atoms with Gasteiger partial charge in [-0.1, -0.05) is 6.07 Å². The van der Waals surface area contributed by atoms with Gasteiger partial charge in [0.25, 0.3) is 11.8 Å². The lowest BCUT2D eigenvalue weighted by atomic mass is 9.97. The molecule has 2 aliphatic rings. The van der Waals surface area contributed by atoms with Gasteiger partial charge in [-0.2, -0.15) is 0 Å². The number of nitrogens with one attached hydrogen (secondary N) is 1. The highest BCUT2D eigenvalue weighted by Crippen LogP contribution is 2.35. The average Bonchev–Trinajstić information content (AvgIpc) is 2.77. The molecular weight excluding hydrogens is 382 g/mol. The first-order chi connectivity index (χ1) is 14.5. The molecule has 2 aromatic rings. The van der Waals surface area contributed by atoms with Gasteiger partial charge < -0.3 is 19.9 Å². The Bertz CT molecular complexity index is 1000. The van der Waals surface area contributed by atoms with Crippen molar-refractivity contribution >= 4 is 29.2 Å². The summed E-state index contributed by atoms with van der Waals surface area (Å²) in [6, 6.07) is 11.8. The van der Waals surface area contributed by atoms with Crippen LogP contribution >= 0.6 is 0 Å². The molecule has 30 heavy (non-hydrogen) atoms. The van der Waals surface area contributed by atoms with E-state index in [2.05, 4.69) is 10.2 Å². The Morgan fingerprint density at radius 1 is 1.13 bits per heavy atom. The summed E-state index contributed by atoms with van der Waals surface area (Å²) in [6.07, 6.45) is 3.08. The Labute approximate surface area is 175 Å². The second kappa shape index (κ2) is 8.18. The molecule has 0 aliphatic carbocycles. The van der Waals surface area contributed by atoms with Crippen LogP contribution in [-0.2, 0) is 4.74 Å². The van der Waals surface area contributed by atoms with Crippen LogP contribution in [0.5, 0.6) is 0 Å². The van der Waals surface area contributed by atoms with E-state index < -0.39 is 5.97 Å². The zero-order valence-electron chi connectivity index (χ0n) is 17.2. The molecule has 156 valence electrons. The molecule has 1 fully saturated rings. The number of nitrogens with zero attached hydrogens (tertiary/aromatic N) is 2. The van der Waals surface area contributed by atoms with Gasteiger partial charge in [0.2, 0.25) is 0 Å². The van der Waals surface area contributed by atoms with Gasteiger partial charge in [-0.25, -0.2) is 4.79 Å². The van der Waals surface area contributed by atoms with Gasteiger partial charge in [0.05, 0.1) is 23.4 Å². The molecule has 0 spiro atoms. The van der Waals surface area contributed by atoms with Crippen molar-refractivity contribution in [3.63, 3.8) is 0 Å². The molecule has 1 atom stereocenters. The SMILES string of the molecule is CCOC(=O)c1cccc(NC(=O)c2ccc3c(c2)N(C)[C@@H]2CCCCN2C3=O)c1. The smallest absolute Gasteiger partial charge is 0.338 e. The first-order valence-corrected chi connectivity index (χ1v) is 10.3. The number of hydrogen-bond acceptors (Lipinski definition) is 5. The molecule has 0 saturated carbocycles. The number of anilines is 2. The van der Waals surface area contributed by atoms with Crippen LogP contribution in [0.2, 0.25) is 0 Å². The molecule has 1 saturated heterocycles. The average molecular weight is 407 g/mol. The molecule has 4 rings (SSSR count). The quantitative estimate of drug-likeness (QED) is 0.785. The minimum Gasteiger partial charge on any atom is -0.462 e. The van der Waals surface area contributed by atoms with E-state index in [1.165, 1.54) is 0 Å². The van der Waals surface area contributed by atoms with Gasteiger partial charge in [0.15, 0.2) is 0 Å². The first-order valence-electron chi connectivity index (χ1n) is 10.3.